The van der Waals surface area contributed by atoms with E-state index >= 15 is 0 Å². The van der Waals surface area contributed by atoms with Gasteiger partial charge in [-0.3, -0.25) is 14.9 Å². The van der Waals surface area contributed by atoms with Crippen LogP contribution in [0, 0.1) is 0 Å². The molecule has 0 bridgehead atoms. The molecule has 1 aliphatic rings. The normalized spacial score (nSPS) is 11.9. The predicted octanol–water partition coefficient (Wildman–Crippen LogP) is 3.03. The number of amides is 2. The lowest BCUT2D eigenvalue weighted by molar-refractivity contribution is -0.120. The average Bonchev–Trinajstić information content (AvgIpc) is 3.59. The fourth-order valence-electron chi connectivity index (χ4n) is 3.08. The third kappa shape index (κ3) is 4.83. The first-order valence-corrected chi connectivity index (χ1v) is 10.8. The van der Waals surface area contributed by atoms with Crippen molar-refractivity contribution >= 4 is 28.3 Å². The van der Waals surface area contributed by atoms with Crippen LogP contribution in [0.4, 0.5) is 5.13 Å². The quantitative estimate of drug-likeness (QED) is 0.428. The van der Waals surface area contributed by atoms with Gasteiger partial charge in [-0.2, -0.15) is 4.98 Å². The maximum atomic E-state index is 12.5. The molecule has 0 saturated heterocycles. The topological polar surface area (TPSA) is 128 Å². The largest absolute Gasteiger partial charge is 0.454 e. The van der Waals surface area contributed by atoms with Crippen LogP contribution in [0.25, 0.3) is 11.4 Å². The minimum atomic E-state index is -0.329. The average molecular weight is 463 g/mol. The summed E-state index contributed by atoms with van der Waals surface area (Å²) in [6.45, 7) is 0.246. The Morgan fingerprint density at radius 3 is 2.76 bits per heavy atom. The molecule has 0 spiro atoms. The summed E-state index contributed by atoms with van der Waals surface area (Å²) in [5.41, 5.74) is 1.79. The minimum absolute atomic E-state index is 0.0517. The molecule has 2 amide bonds. The van der Waals surface area contributed by atoms with Crippen molar-refractivity contribution < 1.29 is 23.6 Å². The van der Waals surface area contributed by atoms with Crippen LogP contribution in [0.2, 0.25) is 0 Å². The standard InChI is InChI=1S/C22H17N5O5S/c28-18(23-10-19-25-20(27-32-19)13-4-2-1-3-5-13)9-15-11-33-22(24-15)26-21(29)14-6-7-16-17(8-14)31-12-30-16/h1-8,11H,9-10,12H2,(H,23,28)(H,24,26,29). The van der Waals surface area contributed by atoms with Crippen LogP contribution in [0.1, 0.15) is 21.9 Å². The molecule has 2 aromatic carbocycles. The van der Waals surface area contributed by atoms with E-state index in [9.17, 15) is 9.59 Å². The summed E-state index contributed by atoms with van der Waals surface area (Å²) in [5, 5.41) is 11.5. The summed E-state index contributed by atoms with van der Waals surface area (Å²) < 4.78 is 15.7. The molecule has 0 radical (unpaired) electrons. The number of carbonyl (C=O) groups excluding carboxylic acids is 2. The first kappa shape index (κ1) is 20.6. The molecule has 0 unspecified atom stereocenters. The van der Waals surface area contributed by atoms with E-state index in [1.54, 1.807) is 23.6 Å². The number of benzene rings is 2. The van der Waals surface area contributed by atoms with Crippen molar-refractivity contribution in [3.63, 3.8) is 0 Å². The van der Waals surface area contributed by atoms with Crippen molar-refractivity contribution in [1.82, 2.24) is 20.4 Å². The van der Waals surface area contributed by atoms with Gasteiger partial charge in [-0.15, -0.1) is 11.3 Å². The Balaban J connectivity index is 1.13. The minimum Gasteiger partial charge on any atom is -0.454 e. The maximum absolute atomic E-state index is 12.5. The van der Waals surface area contributed by atoms with Gasteiger partial charge in [0.25, 0.3) is 5.91 Å². The molecule has 3 heterocycles. The highest BCUT2D eigenvalue weighted by Crippen LogP contribution is 2.32. The zero-order chi connectivity index (χ0) is 22.6. The van der Waals surface area contributed by atoms with Gasteiger partial charge in [-0.25, -0.2) is 4.98 Å². The summed E-state index contributed by atoms with van der Waals surface area (Å²) in [5.74, 6) is 1.30. The van der Waals surface area contributed by atoms with E-state index in [0.29, 0.717) is 39.6 Å². The Bertz CT molecular complexity index is 1300. The number of hydrogen-bond donors (Lipinski definition) is 2. The van der Waals surface area contributed by atoms with Gasteiger partial charge in [-0.1, -0.05) is 35.5 Å². The van der Waals surface area contributed by atoms with E-state index in [1.807, 2.05) is 30.3 Å². The molecule has 2 aromatic heterocycles. The SMILES string of the molecule is O=C(Cc1csc(NC(=O)c2ccc3c(c2)OCO3)n1)NCc1nc(-c2ccccc2)no1. The number of hydrogen-bond acceptors (Lipinski definition) is 9. The van der Waals surface area contributed by atoms with Crippen LogP contribution in [0.3, 0.4) is 0 Å². The molecule has 1 aliphatic heterocycles. The highest BCUT2D eigenvalue weighted by Gasteiger charge is 2.17. The van der Waals surface area contributed by atoms with Gasteiger partial charge >= 0.3 is 0 Å². The van der Waals surface area contributed by atoms with Crippen LogP contribution < -0.4 is 20.1 Å². The number of ether oxygens (including phenoxy) is 2. The number of nitrogens with one attached hydrogen (secondary N) is 2. The Morgan fingerprint density at radius 1 is 1.03 bits per heavy atom. The van der Waals surface area contributed by atoms with Crippen LogP contribution in [-0.2, 0) is 17.8 Å². The van der Waals surface area contributed by atoms with Crippen LogP contribution >= 0.6 is 11.3 Å². The van der Waals surface area contributed by atoms with Crippen LogP contribution in [0.5, 0.6) is 11.5 Å². The van der Waals surface area contributed by atoms with Gasteiger partial charge in [0.05, 0.1) is 18.7 Å². The predicted molar refractivity (Wildman–Crippen MR) is 118 cm³/mol. The van der Waals surface area contributed by atoms with E-state index in [4.69, 9.17) is 14.0 Å². The molecular weight excluding hydrogens is 446 g/mol. The van der Waals surface area contributed by atoms with Gasteiger partial charge in [0, 0.05) is 16.5 Å². The molecule has 33 heavy (non-hydrogen) atoms. The van der Waals surface area contributed by atoms with E-state index in [0.717, 1.165) is 5.56 Å². The number of fused-ring (bicyclic) bond motifs is 1. The molecule has 4 aromatic rings. The van der Waals surface area contributed by atoms with Gasteiger partial charge in [0.15, 0.2) is 16.6 Å². The molecule has 0 aliphatic carbocycles. The summed E-state index contributed by atoms with van der Waals surface area (Å²) in [7, 11) is 0. The zero-order valence-corrected chi connectivity index (χ0v) is 17.9. The van der Waals surface area contributed by atoms with Crippen molar-refractivity contribution in [2.45, 2.75) is 13.0 Å². The second kappa shape index (κ2) is 9.09. The third-order valence-corrected chi connectivity index (χ3v) is 5.49. The second-order valence-electron chi connectivity index (χ2n) is 7.00. The Morgan fingerprint density at radius 2 is 1.88 bits per heavy atom. The molecule has 0 atom stereocenters. The van der Waals surface area contributed by atoms with Gasteiger partial charge < -0.3 is 19.3 Å². The van der Waals surface area contributed by atoms with Crippen molar-refractivity contribution in [3.05, 3.63) is 71.1 Å². The first-order valence-electron chi connectivity index (χ1n) is 9.94. The summed E-state index contributed by atoms with van der Waals surface area (Å²) in [4.78, 5) is 33.3. The first-order chi connectivity index (χ1) is 16.1. The van der Waals surface area contributed by atoms with Gasteiger partial charge in [0.1, 0.15) is 0 Å². The van der Waals surface area contributed by atoms with E-state index in [1.165, 1.54) is 11.3 Å². The highest BCUT2D eigenvalue weighted by atomic mass is 32.1. The smallest absolute Gasteiger partial charge is 0.257 e. The summed E-state index contributed by atoms with van der Waals surface area (Å²) in [6, 6.07) is 14.3. The Hall–Kier alpha value is -4.25. The zero-order valence-electron chi connectivity index (χ0n) is 17.1. The number of carbonyl (C=O) groups is 2. The number of nitrogens with zero attached hydrogens (tertiary/aromatic N) is 3. The number of anilines is 1. The third-order valence-electron chi connectivity index (χ3n) is 4.69. The van der Waals surface area contributed by atoms with E-state index < -0.39 is 0 Å². The van der Waals surface area contributed by atoms with E-state index in [2.05, 4.69) is 25.8 Å². The molecule has 2 N–H and O–H groups in total. The summed E-state index contributed by atoms with van der Waals surface area (Å²) in [6.07, 6.45) is 0.0517. The molecule has 11 heteroatoms. The van der Waals surface area contributed by atoms with Crippen molar-refractivity contribution in [2.75, 3.05) is 12.1 Å². The van der Waals surface area contributed by atoms with Crippen LogP contribution in [0.15, 0.2) is 58.4 Å². The lowest BCUT2D eigenvalue weighted by Crippen LogP contribution is -2.24. The van der Waals surface area contributed by atoms with Crippen molar-refractivity contribution in [2.24, 2.45) is 0 Å². The molecule has 0 fully saturated rings. The number of thiazole rings is 1. The monoisotopic (exact) mass is 463 g/mol. The molecular formula is C22H17N5O5S. The highest BCUT2D eigenvalue weighted by molar-refractivity contribution is 7.14. The fourth-order valence-corrected chi connectivity index (χ4v) is 3.79. The molecule has 166 valence electrons. The molecule has 0 saturated carbocycles. The maximum Gasteiger partial charge on any atom is 0.257 e. The number of rotatable bonds is 7. The fraction of sp³-hybridized carbons (Fsp3) is 0.136. The molecule has 10 nitrogen and oxygen atoms in total. The second-order valence-corrected chi connectivity index (χ2v) is 7.86. The van der Waals surface area contributed by atoms with Crippen LogP contribution in [-0.4, -0.2) is 33.7 Å². The Kier molecular flexibility index (Phi) is 5.68. The Labute approximate surface area is 191 Å². The van der Waals surface area contributed by atoms with Gasteiger partial charge in [0.2, 0.25) is 24.4 Å². The lowest BCUT2D eigenvalue weighted by atomic mass is 10.2. The van der Waals surface area contributed by atoms with Gasteiger partial charge in [-0.05, 0) is 18.2 Å². The summed E-state index contributed by atoms with van der Waals surface area (Å²) >= 11 is 1.24. The lowest BCUT2D eigenvalue weighted by Gasteiger charge is -2.03. The van der Waals surface area contributed by atoms with Crippen molar-refractivity contribution in [1.29, 1.82) is 0 Å². The van der Waals surface area contributed by atoms with Crippen molar-refractivity contribution in [3.8, 4) is 22.9 Å². The molecule has 5 rings (SSSR count). The number of aromatic nitrogens is 3. The van der Waals surface area contributed by atoms with E-state index in [-0.39, 0.29) is 31.6 Å².